The molecule has 2 aromatic heterocycles. The van der Waals surface area contributed by atoms with Gasteiger partial charge in [-0.25, -0.2) is 4.98 Å². The average molecular weight is 443 g/mol. The topological polar surface area (TPSA) is 80.9 Å². The fourth-order valence-corrected chi connectivity index (χ4v) is 3.80. The highest BCUT2D eigenvalue weighted by Gasteiger charge is 2.14. The normalized spacial score (nSPS) is 12.1. The Morgan fingerprint density at radius 2 is 2.15 bits per heavy atom. The summed E-state index contributed by atoms with van der Waals surface area (Å²) in [6, 6.07) is 5.09. The second-order valence-electron chi connectivity index (χ2n) is 5.75. The lowest BCUT2D eigenvalue weighted by Crippen LogP contribution is -2.28. The van der Waals surface area contributed by atoms with Gasteiger partial charge in [-0.1, -0.05) is 41.0 Å². The van der Waals surface area contributed by atoms with E-state index in [1.54, 1.807) is 23.5 Å². The smallest absolute Gasteiger partial charge is 0.277 e. The number of thioether (sulfide) groups is 1. The molecule has 0 bridgehead atoms. The SMILES string of the molecule is Cc1nc(Cc2nnc(SCC(=O)NC(C)c3ccc(Cl)c(Cl)c3)o2)cs1. The van der Waals surface area contributed by atoms with Crippen LogP contribution in [0, 0.1) is 6.92 Å². The minimum absolute atomic E-state index is 0.145. The van der Waals surface area contributed by atoms with Gasteiger partial charge in [0.25, 0.3) is 5.22 Å². The maximum Gasteiger partial charge on any atom is 0.277 e. The molecule has 0 fully saturated rings. The summed E-state index contributed by atoms with van der Waals surface area (Å²) in [5, 5.41) is 15.1. The predicted molar refractivity (Wildman–Crippen MR) is 108 cm³/mol. The quantitative estimate of drug-likeness (QED) is 0.533. The maximum absolute atomic E-state index is 12.2. The van der Waals surface area contributed by atoms with Gasteiger partial charge >= 0.3 is 0 Å². The van der Waals surface area contributed by atoms with Gasteiger partial charge in [0, 0.05) is 5.38 Å². The van der Waals surface area contributed by atoms with E-state index in [4.69, 9.17) is 27.6 Å². The number of aryl methyl sites for hydroxylation is 1. The van der Waals surface area contributed by atoms with Gasteiger partial charge in [0.15, 0.2) is 0 Å². The third-order valence-electron chi connectivity index (χ3n) is 3.60. The van der Waals surface area contributed by atoms with E-state index >= 15 is 0 Å². The fourth-order valence-electron chi connectivity index (χ4n) is 2.29. The van der Waals surface area contributed by atoms with Crippen LogP contribution in [0.4, 0.5) is 0 Å². The second kappa shape index (κ2) is 9.05. The molecule has 3 rings (SSSR count). The van der Waals surface area contributed by atoms with Crippen molar-refractivity contribution in [3.63, 3.8) is 0 Å². The van der Waals surface area contributed by atoms with Crippen molar-refractivity contribution in [3.05, 3.63) is 55.8 Å². The Morgan fingerprint density at radius 1 is 1.33 bits per heavy atom. The van der Waals surface area contributed by atoms with Crippen molar-refractivity contribution in [3.8, 4) is 0 Å². The number of aromatic nitrogens is 3. The molecule has 0 aliphatic rings. The number of benzene rings is 1. The first kappa shape index (κ1) is 20.1. The van der Waals surface area contributed by atoms with Gasteiger partial charge in [0.1, 0.15) is 0 Å². The van der Waals surface area contributed by atoms with Crippen LogP contribution in [0.5, 0.6) is 0 Å². The maximum atomic E-state index is 12.2. The molecule has 1 N–H and O–H groups in total. The summed E-state index contributed by atoms with van der Waals surface area (Å²) in [4.78, 5) is 16.5. The number of thiazole rings is 1. The van der Waals surface area contributed by atoms with Crippen LogP contribution in [0.1, 0.15) is 35.1 Å². The van der Waals surface area contributed by atoms with Gasteiger partial charge in [0.05, 0.1) is 39.0 Å². The summed E-state index contributed by atoms with van der Waals surface area (Å²) in [7, 11) is 0. The Morgan fingerprint density at radius 3 is 2.85 bits per heavy atom. The molecule has 27 heavy (non-hydrogen) atoms. The standard InChI is InChI=1S/C17H16Cl2N4O2S2/c1-9(11-3-4-13(18)14(19)5-11)20-15(24)8-27-17-23-22-16(25-17)6-12-7-26-10(2)21-12/h3-5,7,9H,6,8H2,1-2H3,(H,20,24). The van der Waals surface area contributed by atoms with E-state index in [9.17, 15) is 4.79 Å². The van der Waals surface area contributed by atoms with E-state index in [2.05, 4.69) is 20.5 Å². The highest BCUT2D eigenvalue weighted by Crippen LogP contribution is 2.26. The van der Waals surface area contributed by atoms with Crippen LogP contribution in [-0.4, -0.2) is 26.8 Å². The van der Waals surface area contributed by atoms with Crippen molar-refractivity contribution in [1.82, 2.24) is 20.5 Å². The van der Waals surface area contributed by atoms with Crippen molar-refractivity contribution in [2.24, 2.45) is 0 Å². The van der Waals surface area contributed by atoms with Gasteiger partial charge in [-0.05, 0) is 31.5 Å². The summed E-state index contributed by atoms with van der Waals surface area (Å²) in [5.74, 6) is 0.504. The highest BCUT2D eigenvalue weighted by atomic mass is 35.5. The molecular formula is C17H16Cl2N4O2S2. The number of halogens is 2. The van der Waals surface area contributed by atoms with E-state index in [0.29, 0.717) is 27.6 Å². The zero-order valence-electron chi connectivity index (χ0n) is 14.5. The molecule has 1 amide bonds. The summed E-state index contributed by atoms with van der Waals surface area (Å²) < 4.78 is 5.56. The third kappa shape index (κ3) is 5.68. The minimum Gasteiger partial charge on any atom is -0.416 e. The molecule has 0 aliphatic carbocycles. The Kier molecular flexibility index (Phi) is 6.75. The van der Waals surface area contributed by atoms with Crippen molar-refractivity contribution in [2.75, 3.05) is 5.75 Å². The monoisotopic (exact) mass is 442 g/mol. The summed E-state index contributed by atoms with van der Waals surface area (Å²) >= 11 is 14.7. The number of nitrogens with zero attached hydrogens (tertiary/aromatic N) is 3. The zero-order chi connectivity index (χ0) is 19.4. The summed E-state index contributed by atoms with van der Waals surface area (Å²) in [6.45, 7) is 3.82. The van der Waals surface area contributed by atoms with Crippen LogP contribution in [-0.2, 0) is 11.2 Å². The number of hydrogen-bond acceptors (Lipinski definition) is 7. The zero-order valence-corrected chi connectivity index (χ0v) is 17.7. The van der Waals surface area contributed by atoms with E-state index in [-0.39, 0.29) is 17.7 Å². The highest BCUT2D eigenvalue weighted by molar-refractivity contribution is 7.99. The first-order valence-electron chi connectivity index (χ1n) is 8.01. The first-order valence-corrected chi connectivity index (χ1v) is 10.6. The molecule has 0 spiro atoms. The molecule has 2 heterocycles. The lowest BCUT2D eigenvalue weighted by molar-refractivity contribution is -0.119. The number of hydrogen-bond donors (Lipinski definition) is 1. The molecule has 0 saturated carbocycles. The number of carbonyl (C=O) groups is 1. The summed E-state index contributed by atoms with van der Waals surface area (Å²) in [6.07, 6.45) is 0.485. The van der Waals surface area contributed by atoms with Gasteiger partial charge in [0.2, 0.25) is 11.8 Å². The van der Waals surface area contributed by atoms with Crippen molar-refractivity contribution in [2.45, 2.75) is 31.5 Å². The number of nitrogens with one attached hydrogen (secondary N) is 1. The molecule has 1 aromatic carbocycles. The van der Waals surface area contributed by atoms with Crippen molar-refractivity contribution < 1.29 is 9.21 Å². The van der Waals surface area contributed by atoms with Crippen LogP contribution >= 0.6 is 46.3 Å². The van der Waals surface area contributed by atoms with E-state index in [1.165, 1.54) is 11.8 Å². The number of carbonyl (C=O) groups excluding carboxylic acids is 1. The van der Waals surface area contributed by atoms with Crippen molar-refractivity contribution >= 4 is 52.2 Å². The van der Waals surface area contributed by atoms with Crippen LogP contribution in [0.3, 0.4) is 0 Å². The van der Waals surface area contributed by atoms with Crippen LogP contribution in [0.15, 0.2) is 33.2 Å². The Hall–Kier alpha value is -1.61. The van der Waals surface area contributed by atoms with E-state index in [0.717, 1.165) is 16.3 Å². The predicted octanol–water partition coefficient (Wildman–Crippen LogP) is 4.70. The molecule has 3 aromatic rings. The van der Waals surface area contributed by atoms with E-state index in [1.807, 2.05) is 25.3 Å². The molecule has 10 heteroatoms. The van der Waals surface area contributed by atoms with E-state index < -0.39 is 0 Å². The van der Waals surface area contributed by atoms with Crippen LogP contribution < -0.4 is 5.32 Å². The molecule has 0 aliphatic heterocycles. The molecular weight excluding hydrogens is 427 g/mol. The van der Waals surface area contributed by atoms with Gasteiger partial charge in [-0.2, -0.15) is 0 Å². The average Bonchev–Trinajstić information content (AvgIpc) is 3.24. The minimum atomic E-state index is -0.195. The molecule has 0 radical (unpaired) electrons. The second-order valence-corrected chi connectivity index (χ2v) is 8.55. The molecule has 1 unspecified atom stereocenters. The largest absolute Gasteiger partial charge is 0.416 e. The molecule has 1 atom stereocenters. The lowest BCUT2D eigenvalue weighted by Gasteiger charge is -2.14. The number of rotatable bonds is 7. The van der Waals surface area contributed by atoms with Crippen molar-refractivity contribution in [1.29, 1.82) is 0 Å². The van der Waals surface area contributed by atoms with Crippen LogP contribution in [0.25, 0.3) is 0 Å². The Labute approximate surface area is 174 Å². The third-order valence-corrected chi connectivity index (χ3v) is 5.97. The number of amides is 1. The summed E-state index contributed by atoms with van der Waals surface area (Å²) in [5.41, 5.74) is 1.77. The molecule has 142 valence electrons. The lowest BCUT2D eigenvalue weighted by atomic mass is 10.1. The first-order chi connectivity index (χ1) is 12.9. The fraction of sp³-hybridized carbons (Fsp3) is 0.294. The molecule has 6 nitrogen and oxygen atoms in total. The van der Waals surface area contributed by atoms with Crippen LogP contribution in [0.2, 0.25) is 10.0 Å². The van der Waals surface area contributed by atoms with Gasteiger partial charge in [-0.3, -0.25) is 4.79 Å². The van der Waals surface area contributed by atoms with Gasteiger partial charge < -0.3 is 9.73 Å². The Balaban J connectivity index is 1.49. The molecule has 0 saturated heterocycles. The Bertz CT molecular complexity index is 945. The van der Waals surface area contributed by atoms with Gasteiger partial charge in [-0.15, -0.1) is 21.5 Å².